The number of morpholine rings is 1. The van der Waals surface area contributed by atoms with E-state index in [-0.39, 0.29) is 10.8 Å². The standard InChI is InChI=1S/C18H24N4O4S/c23-18(20-9-11-26-12-10-20)5-8-21-14-19-16-13-15(3-4-17(16)21)27(24,25)22-6-1-2-7-22/h3-4,13-14H,1-2,5-12H2. The van der Waals surface area contributed by atoms with Crippen molar-refractivity contribution in [3.8, 4) is 0 Å². The second-order valence-corrected chi connectivity index (χ2v) is 8.88. The van der Waals surface area contributed by atoms with Gasteiger partial charge in [-0.2, -0.15) is 4.31 Å². The Balaban J connectivity index is 1.48. The van der Waals surface area contributed by atoms with Crippen LogP contribution in [0.4, 0.5) is 0 Å². The van der Waals surface area contributed by atoms with Crippen molar-refractivity contribution >= 4 is 27.0 Å². The zero-order chi connectivity index (χ0) is 18.9. The van der Waals surface area contributed by atoms with Crippen LogP contribution >= 0.6 is 0 Å². The van der Waals surface area contributed by atoms with Crippen LogP contribution < -0.4 is 0 Å². The molecule has 0 spiro atoms. The average Bonchev–Trinajstić information content (AvgIpc) is 3.37. The fourth-order valence-corrected chi connectivity index (χ4v) is 5.18. The number of nitrogens with zero attached hydrogens (tertiary/aromatic N) is 4. The van der Waals surface area contributed by atoms with Crippen LogP contribution in [0.5, 0.6) is 0 Å². The smallest absolute Gasteiger partial charge is 0.243 e. The molecule has 2 aliphatic rings. The van der Waals surface area contributed by atoms with E-state index in [1.54, 1.807) is 24.5 Å². The average molecular weight is 392 g/mol. The maximum Gasteiger partial charge on any atom is 0.243 e. The fraction of sp³-hybridized carbons (Fsp3) is 0.556. The fourth-order valence-electron chi connectivity index (χ4n) is 3.65. The normalized spacial score (nSPS) is 19.0. The summed E-state index contributed by atoms with van der Waals surface area (Å²) < 4.78 is 34.1. The first kappa shape index (κ1) is 18.4. The van der Waals surface area contributed by atoms with Gasteiger partial charge in [-0.3, -0.25) is 4.79 Å². The highest BCUT2D eigenvalue weighted by atomic mass is 32.2. The molecular formula is C18H24N4O4S. The molecule has 4 rings (SSSR count). The van der Waals surface area contributed by atoms with Crippen molar-refractivity contribution in [2.75, 3.05) is 39.4 Å². The van der Waals surface area contributed by atoms with E-state index >= 15 is 0 Å². The Labute approximate surface area is 158 Å². The molecule has 0 radical (unpaired) electrons. The van der Waals surface area contributed by atoms with Gasteiger partial charge in [0, 0.05) is 39.1 Å². The van der Waals surface area contributed by atoms with E-state index in [9.17, 15) is 13.2 Å². The molecule has 27 heavy (non-hydrogen) atoms. The van der Waals surface area contributed by atoms with Crippen LogP contribution in [0.25, 0.3) is 11.0 Å². The van der Waals surface area contributed by atoms with Gasteiger partial charge < -0.3 is 14.2 Å². The van der Waals surface area contributed by atoms with Gasteiger partial charge in [-0.15, -0.1) is 0 Å². The second kappa shape index (κ2) is 7.57. The maximum atomic E-state index is 12.7. The monoisotopic (exact) mass is 392 g/mol. The molecule has 1 aromatic heterocycles. The number of aryl methyl sites for hydroxylation is 1. The lowest BCUT2D eigenvalue weighted by Crippen LogP contribution is -2.40. The molecule has 1 amide bonds. The summed E-state index contributed by atoms with van der Waals surface area (Å²) >= 11 is 0. The number of carbonyl (C=O) groups is 1. The van der Waals surface area contributed by atoms with Crippen molar-refractivity contribution in [1.29, 1.82) is 0 Å². The Morgan fingerprint density at radius 2 is 1.85 bits per heavy atom. The highest BCUT2D eigenvalue weighted by Gasteiger charge is 2.27. The molecule has 3 heterocycles. The SMILES string of the molecule is O=C(CCn1cnc2cc(S(=O)(=O)N3CCCC3)ccc21)N1CCOCC1. The summed E-state index contributed by atoms with van der Waals surface area (Å²) in [6.45, 7) is 4.15. The summed E-state index contributed by atoms with van der Waals surface area (Å²) in [5.41, 5.74) is 1.47. The molecule has 1 aromatic carbocycles. The van der Waals surface area contributed by atoms with E-state index in [2.05, 4.69) is 4.98 Å². The van der Waals surface area contributed by atoms with Crippen LogP contribution in [0.3, 0.4) is 0 Å². The summed E-state index contributed by atoms with van der Waals surface area (Å²) in [6, 6.07) is 5.05. The number of sulfonamides is 1. The van der Waals surface area contributed by atoms with Crippen LogP contribution in [-0.4, -0.2) is 72.5 Å². The highest BCUT2D eigenvalue weighted by Crippen LogP contribution is 2.24. The Hall–Kier alpha value is -1.97. The lowest BCUT2D eigenvalue weighted by molar-refractivity contribution is -0.135. The number of amides is 1. The molecule has 146 valence electrons. The van der Waals surface area contributed by atoms with E-state index in [0.29, 0.717) is 57.9 Å². The van der Waals surface area contributed by atoms with E-state index < -0.39 is 10.0 Å². The minimum absolute atomic E-state index is 0.105. The number of imidazole rings is 1. The first-order valence-corrected chi connectivity index (χ1v) is 10.8. The van der Waals surface area contributed by atoms with Gasteiger partial charge in [0.15, 0.2) is 0 Å². The van der Waals surface area contributed by atoms with E-state index in [1.165, 1.54) is 4.31 Å². The molecule has 0 aliphatic carbocycles. The summed E-state index contributed by atoms with van der Waals surface area (Å²) in [4.78, 5) is 18.8. The Morgan fingerprint density at radius 1 is 1.11 bits per heavy atom. The number of ether oxygens (including phenoxy) is 1. The number of hydrogen-bond donors (Lipinski definition) is 0. The maximum absolute atomic E-state index is 12.7. The van der Waals surface area contributed by atoms with E-state index in [1.807, 2.05) is 9.47 Å². The van der Waals surface area contributed by atoms with Gasteiger partial charge in [0.05, 0.1) is 35.5 Å². The van der Waals surface area contributed by atoms with Crippen LogP contribution in [-0.2, 0) is 26.1 Å². The highest BCUT2D eigenvalue weighted by molar-refractivity contribution is 7.89. The van der Waals surface area contributed by atoms with Crippen LogP contribution in [0.15, 0.2) is 29.4 Å². The molecule has 9 heteroatoms. The minimum Gasteiger partial charge on any atom is -0.378 e. The zero-order valence-corrected chi connectivity index (χ0v) is 16.0. The first-order chi connectivity index (χ1) is 13.1. The van der Waals surface area contributed by atoms with E-state index in [0.717, 1.165) is 18.4 Å². The number of benzene rings is 1. The molecule has 2 saturated heterocycles. The molecule has 0 bridgehead atoms. The summed E-state index contributed by atoms with van der Waals surface area (Å²) in [5, 5.41) is 0. The molecular weight excluding hydrogens is 368 g/mol. The third-order valence-electron chi connectivity index (χ3n) is 5.23. The molecule has 0 N–H and O–H groups in total. The predicted molar refractivity (Wildman–Crippen MR) is 99.7 cm³/mol. The van der Waals surface area contributed by atoms with Gasteiger partial charge in [0.1, 0.15) is 0 Å². The van der Waals surface area contributed by atoms with Crippen molar-refractivity contribution in [1.82, 2.24) is 18.8 Å². The topological polar surface area (TPSA) is 84.7 Å². The zero-order valence-electron chi connectivity index (χ0n) is 15.2. The molecule has 0 atom stereocenters. The first-order valence-electron chi connectivity index (χ1n) is 9.36. The molecule has 8 nitrogen and oxygen atoms in total. The summed E-state index contributed by atoms with van der Waals surface area (Å²) in [7, 11) is -3.45. The lowest BCUT2D eigenvalue weighted by atomic mass is 10.3. The van der Waals surface area contributed by atoms with Gasteiger partial charge in [0.25, 0.3) is 0 Å². The number of fused-ring (bicyclic) bond motifs is 1. The number of hydrogen-bond acceptors (Lipinski definition) is 5. The third-order valence-corrected chi connectivity index (χ3v) is 7.12. The van der Waals surface area contributed by atoms with Crippen molar-refractivity contribution < 1.29 is 17.9 Å². The number of carbonyl (C=O) groups excluding carboxylic acids is 1. The van der Waals surface area contributed by atoms with Crippen molar-refractivity contribution in [3.05, 3.63) is 24.5 Å². The van der Waals surface area contributed by atoms with E-state index in [4.69, 9.17) is 4.74 Å². The van der Waals surface area contributed by atoms with Crippen LogP contribution in [0.2, 0.25) is 0 Å². The Kier molecular flexibility index (Phi) is 5.16. The van der Waals surface area contributed by atoms with Crippen molar-refractivity contribution in [3.63, 3.8) is 0 Å². The Bertz CT molecular complexity index is 928. The van der Waals surface area contributed by atoms with Crippen LogP contribution in [0.1, 0.15) is 19.3 Å². The van der Waals surface area contributed by atoms with Gasteiger partial charge in [-0.1, -0.05) is 0 Å². The molecule has 0 unspecified atom stereocenters. The molecule has 2 aliphatic heterocycles. The predicted octanol–water partition coefficient (Wildman–Crippen LogP) is 1.07. The summed E-state index contributed by atoms with van der Waals surface area (Å²) in [5.74, 6) is 0.105. The number of aromatic nitrogens is 2. The largest absolute Gasteiger partial charge is 0.378 e. The lowest BCUT2D eigenvalue weighted by Gasteiger charge is -2.26. The summed E-state index contributed by atoms with van der Waals surface area (Å²) in [6.07, 6.45) is 3.88. The minimum atomic E-state index is -3.45. The third kappa shape index (κ3) is 3.71. The second-order valence-electron chi connectivity index (χ2n) is 6.94. The van der Waals surface area contributed by atoms with Crippen molar-refractivity contribution in [2.24, 2.45) is 0 Å². The van der Waals surface area contributed by atoms with Gasteiger partial charge in [0.2, 0.25) is 15.9 Å². The van der Waals surface area contributed by atoms with Crippen LogP contribution in [0, 0.1) is 0 Å². The molecule has 2 fully saturated rings. The molecule has 0 saturated carbocycles. The Morgan fingerprint density at radius 3 is 2.59 bits per heavy atom. The molecule has 2 aromatic rings. The van der Waals surface area contributed by atoms with Gasteiger partial charge in [-0.25, -0.2) is 13.4 Å². The number of rotatable bonds is 5. The quantitative estimate of drug-likeness (QED) is 0.760. The van der Waals surface area contributed by atoms with Gasteiger partial charge in [-0.05, 0) is 31.0 Å². The van der Waals surface area contributed by atoms with Gasteiger partial charge >= 0.3 is 0 Å². The van der Waals surface area contributed by atoms with Crippen molar-refractivity contribution in [2.45, 2.75) is 30.7 Å².